The standard InChI is InChI=1S/C45H61N7O6S/c1-10-51-37-16-15-30(21-33(37)34(23-45(6,7)25-58-26-53)41(51)31-14-13-17-46-39(31)29(5)57-9)36-24-59-38(48-36)22-35(44(56)52-19-12-11-18-47-52)49-42(54)40(27(2)3)50(8)43(55)32-20-28(32)4/h13-17,21,24,26-29,32,35,40,47H,10-12,18-20,22-23,25H2,1-9H3,(H,49,54). The predicted molar refractivity (Wildman–Crippen MR) is 230 cm³/mol. The van der Waals surface area contributed by atoms with Gasteiger partial charge in [-0.25, -0.2) is 10.4 Å². The van der Waals surface area contributed by atoms with Gasteiger partial charge < -0.3 is 24.3 Å². The van der Waals surface area contributed by atoms with E-state index in [2.05, 4.69) is 67.3 Å². The quantitative estimate of drug-likeness (QED) is 0.106. The van der Waals surface area contributed by atoms with Crippen molar-refractivity contribution in [3.8, 4) is 22.5 Å². The number of fused-ring (bicyclic) bond motifs is 1. The molecule has 1 saturated carbocycles. The van der Waals surface area contributed by atoms with E-state index < -0.39 is 12.1 Å². The van der Waals surface area contributed by atoms with Crippen LogP contribution in [0.1, 0.15) is 90.1 Å². The third kappa shape index (κ3) is 9.71. The van der Waals surface area contributed by atoms with Gasteiger partial charge in [0, 0.05) is 85.2 Å². The Kier molecular flexibility index (Phi) is 13.9. The van der Waals surface area contributed by atoms with Gasteiger partial charge in [0.25, 0.3) is 12.4 Å². The number of aromatic nitrogens is 3. The molecule has 3 amide bonds. The number of hydrogen-bond acceptors (Lipinski definition) is 10. The van der Waals surface area contributed by atoms with Crippen LogP contribution in [0.5, 0.6) is 0 Å². The van der Waals surface area contributed by atoms with Crippen molar-refractivity contribution in [3.63, 3.8) is 0 Å². The van der Waals surface area contributed by atoms with Gasteiger partial charge in [-0.15, -0.1) is 11.3 Å². The molecule has 318 valence electrons. The Balaban J connectivity index is 1.36. The number of carbonyl (C=O) groups is 4. The zero-order valence-corrected chi connectivity index (χ0v) is 36.9. The number of carbonyl (C=O) groups excluding carboxylic acids is 4. The SMILES string of the molecule is CCn1c(-c2cccnc2C(C)OC)c(CC(C)(C)COC=O)c2cc(-c3csc(CC(NC(=O)C(C(C)C)N(C)C(=O)C4CC4C)C(=O)N4CCCCN4)n3)ccc21. The lowest BCUT2D eigenvalue weighted by Crippen LogP contribution is -2.59. The highest BCUT2D eigenvalue weighted by atomic mass is 32.1. The molecule has 0 bridgehead atoms. The van der Waals surface area contributed by atoms with Crippen LogP contribution in [0.15, 0.2) is 41.9 Å². The predicted octanol–water partition coefficient (Wildman–Crippen LogP) is 6.59. The summed E-state index contributed by atoms with van der Waals surface area (Å²) in [5.74, 6) is -0.498. The first-order chi connectivity index (χ1) is 28.2. The van der Waals surface area contributed by atoms with Crippen molar-refractivity contribution in [3.05, 3.63) is 58.2 Å². The number of pyridine rings is 1. The molecule has 2 N–H and O–H groups in total. The number of hydrogen-bond donors (Lipinski definition) is 2. The largest absolute Gasteiger partial charge is 0.467 e. The number of rotatable bonds is 18. The third-order valence-corrected chi connectivity index (χ3v) is 12.7. The van der Waals surface area contributed by atoms with Crippen molar-refractivity contribution >= 4 is 46.4 Å². The summed E-state index contributed by atoms with van der Waals surface area (Å²) in [5, 5.41) is 8.45. The number of nitrogens with one attached hydrogen (secondary N) is 2. The number of ether oxygens (including phenoxy) is 2. The fraction of sp³-hybridized carbons (Fsp3) is 0.556. The van der Waals surface area contributed by atoms with Crippen LogP contribution in [-0.2, 0) is 48.0 Å². The molecule has 0 spiro atoms. The Bertz CT molecular complexity index is 2140. The second-order valence-electron chi connectivity index (χ2n) is 17.3. The zero-order valence-electron chi connectivity index (χ0n) is 36.0. The second kappa shape index (κ2) is 18.7. The van der Waals surface area contributed by atoms with Gasteiger partial charge in [0.15, 0.2) is 0 Å². The van der Waals surface area contributed by atoms with Gasteiger partial charge in [-0.3, -0.25) is 29.2 Å². The molecule has 3 aromatic heterocycles. The first-order valence-electron chi connectivity index (χ1n) is 20.9. The molecule has 2 fully saturated rings. The van der Waals surface area contributed by atoms with Crippen LogP contribution in [0.4, 0.5) is 0 Å². The summed E-state index contributed by atoms with van der Waals surface area (Å²) in [7, 11) is 3.38. The first kappa shape index (κ1) is 43.9. The molecule has 1 aromatic carbocycles. The van der Waals surface area contributed by atoms with Crippen molar-refractivity contribution in [1.82, 2.24) is 35.2 Å². The van der Waals surface area contributed by atoms with E-state index in [4.69, 9.17) is 19.4 Å². The van der Waals surface area contributed by atoms with Gasteiger partial charge in [-0.05, 0) is 81.2 Å². The van der Waals surface area contributed by atoms with E-state index in [1.165, 1.54) is 11.3 Å². The summed E-state index contributed by atoms with van der Waals surface area (Å²) in [5.41, 5.74) is 9.54. The number of aryl methyl sites for hydroxylation is 1. The molecular formula is C45H61N7O6S. The number of likely N-dealkylation sites (N-methyl/N-ethyl adjacent to an activating group) is 1. The monoisotopic (exact) mass is 827 g/mol. The number of hydrazine groups is 1. The van der Waals surface area contributed by atoms with Crippen LogP contribution in [0.3, 0.4) is 0 Å². The number of methoxy groups -OCH3 is 1. The van der Waals surface area contributed by atoms with Gasteiger partial charge in [-0.2, -0.15) is 0 Å². The molecule has 4 aromatic rings. The van der Waals surface area contributed by atoms with Crippen LogP contribution < -0.4 is 10.7 Å². The van der Waals surface area contributed by atoms with Crippen molar-refractivity contribution in [1.29, 1.82) is 0 Å². The van der Waals surface area contributed by atoms with Gasteiger partial charge in [-0.1, -0.05) is 40.7 Å². The smallest absolute Gasteiger partial charge is 0.293 e. The van der Waals surface area contributed by atoms with Crippen LogP contribution >= 0.6 is 11.3 Å². The van der Waals surface area contributed by atoms with Crippen molar-refractivity contribution < 1.29 is 28.7 Å². The van der Waals surface area contributed by atoms with E-state index >= 15 is 0 Å². The van der Waals surface area contributed by atoms with E-state index in [0.717, 1.165) is 63.9 Å². The van der Waals surface area contributed by atoms with Gasteiger partial charge >= 0.3 is 0 Å². The number of amides is 3. The van der Waals surface area contributed by atoms with Crippen LogP contribution in [0, 0.1) is 23.2 Å². The number of nitrogens with zero attached hydrogens (tertiary/aromatic N) is 5. The Morgan fingerprint density at radius 3 is 2.58 bits per heavy atom. The Hall–Kier alpha value is -4.66. The first-order valence-corrected chi connectivity index (χ1v) is 21.8. The normalized spacial score (nSPS) is 18.4. The summed E-state index contributed by atoms with van der Waals surface area (Å²) in [6.07, 6.45) is 5.03. The van der Waals surface area contributed by atoms with E-state index in [9.17, 15) is 19.2 Å². The minimum atomic E-state index is -0.883. The number of benzene rings is 1. The molecular weight excluding hydrogens is 767 g/mol. The van der Waals surface area contributed by atoms with Crippen molar-refractivity contribution in [2.24, 2.45) is 23.2 Å². The maximum absolute atomic E-state index is 14.1. The Morgan fingerprint density at radius 1 is 1.17 bits per heavy atom. The lowest BCUT2D eigenvalue weighted by atomic mass is 9.84. The average Bonchev–Trinajstić information content (AvgIpc) is 3.64. The molecule has 1 saturated heterocycles. The zero-order chi connectivity index (χ0) is 42.6. The van der Waals surface area contributed by atoms with E-state index in [0.29, 0.717) is 43.5 Å². The fourth-order valence-corrected chi connectivity index (χ4v) is 9.32. The minimum Gasteiger partial charge on any atom is -0.467 e. The molecule has 59 heavy (non-hydrogen) atoms. The van der Waals surface area contributed by atoms with Gasteiger partial charge in [0.2, 0.25) is 11.8 Å². The molecule has 2 aliphatic rings. The average molecular weight is 828 g/mol. The molecule has 1 aliphatic heterocycles. The molecule has 13 nitrogen and oxygen atoms in total. The lowest BCUT2D eigenvalue weighted by molar-refractivity contribution is -0.144. The summed E-state index contributed by atoms with van der Waals surface area (Å²) in [6, 6.07) is 8.82. The van der Waals surface area contributed by atoms with E-state index in [-0.39, 0.29) is 54.1 Å². The lowest BCUT2D eigenvalue weighted by Gasteiger charge is -2.34. The molecule has 14 heteroatoms. The molecule has 6 rings (SSSR count). The topological polar surface area (TPSA) is 148 Å². The van der Waals surface area contributed by atoms with E-state index in [1.54, 1.807) is 30.3 Å². The highest BCUT2D eigenvalue weighted by Gasteiger charge is 2.44. The highest BCUT2D eigenvalue weighted by molar-refractivity contribution is 7.10. The molecule has 5 unspecified atom stereocenters. The van der Waals surface area contributed by atoms with E-state index in [1.807, 2.05) is 32.2 Å². The molecule has 4 heterocycles. The summed E-state index contributed by atoms with van der Waals surface area (Å²) >= 11 is 1.45. The third-order valence-electron chi connectivity index (χ3n) is 11.8. The minimum absolute atomic E-state index is 0.0266. The molecule has 1 aliphatic carbocycles. The summed E-state index contributed by atoms with van der Waals surface area (Å²) < 4.78 is 13.4. The Morgan fingerprint density at radius 2 is 1.93 bits per heavy atom. The van der Waals surface area contributed by atoms with Crippen molar-refractivity contribution in [2.45, 2.75) is 105 Å². The van der Waals surface area contributed by atoms with Crippen LogP contribution in [0.25, 0.3) is 33.4 Å². The highest BCUT2D eigenvalue weighted by Crippen LogP contribution is 2.42. The second-order valence-corrected chi connectivity index (χ2v) is 18.3. The van der Waals surface area contributed by atoms with Crippen LogP contribution in [-0.4, -0.2) is 94.6 Å². The molecule has 5 atom stereocenters. The van der Waals surface area contributed by atoms with Crippen molar-refractivity contribution in [2.75, 3.05) is 33.9 Å². The van der Waals surface area contributed by atoms with Crippen LogP contribution in [0.2, 0.25) is 0 Å². The number of thiazole rings is 1. The summed E-state index contributed by atoms with van der Waals surface area (Å²) in [6.45, 7) is 16.9. The van der Waals surface area contributed by atoms with Gasteiger partial charge in [0.1, 0.15) is 12.1 Å². The van der Waals surface area contributed by atoms with Gasteiger partial charge in [0.05, 0.1) is 34.8 Å². The maximum Gasteiger partial charge on any atom is 0.293 e. The maximum atomic E-state index is 14.1. The Labute approximate surface area is 352 Å². The molecule has 0 radical (unpaired) electrons. The summed E-state index contributed by atoms with van der Waals surface area (Å²) in [4.78, 5) is 64.1. The fourth-order valence-electron chi connectivity index (χ4n) is 8.47.